The minimum Gasteiger partial charge on any atom is -0.303 e. The van der Waals surface area contributed by atoms with Crippen LogP contribution in [0, 0.1) is 0 Å². The summed E-state index contributed by atoms with van der Waals surface area (Å²) in [7, 11) is 2.25. The molecule has 2 aliphatic heterocycles. The molecule has 0 bridgehead atoms. The Bertz CT molecular complexity index is 183. The van der Waals surface area contributed by atoms with Crippen molar-refractivity contribution in [1.82, 2.24) is 14.7 Å². The van der Waals surface area contributed by atoms with Crippen LogP contribution in [-0.4, -0.2) is 73.6 Å². The molecule has 3 heteroatoms. The van der Waals surface area contributed by atoms with E-state index < -0.39 is 0 Å². The molecule has 1 unspecified atom stereocenters. The van der Waals surface area contributed by atoms with Crippen molar-refractivity contribution in [3.63, 3.8) is 0 Å². The van der Waals surface area contributed by atoms with Crippen molar-refractivity contribution in [1.29, 1.82) is 0 Å². The van der Waals surface area contributed by atoms with Gasteiger partial charge in [-0.1, -0.05) is 6.92 Å². The highest BCUT2D eigenvalue weighted by Gasteiger charge is 2.30. The van der Waals surface area contributed by atoms with Crippen LogP contribution in [0.4, 0.5) is 0 Å². The van der Waals surface area contributed by atoms with E-state index in [4.69, 9.17) is 0 Å². The molecule has 2 rings (SSSR count). The molecular formula is C11H23N3. The largest absolute Gasteiger partial charge is 0.303 e. The Labute approximate surface area is 87.7 Å². The van der Waals surface area contributed by atoms with Gasteiger partial charge in [-0.15, -0.1) is 0 Å². The van der Waals surface area contributed by atoms with Crippen LogP contribution in [0.5, 0.6) is 0 Å². The lowest BCUT2D eigenvalue weighted by molar-refractivity contribution is 0.0205. The van der Waals surface area contributed by atoms with E-state index in [1.54, 1.807) is 0 Å². The molecule has 3 nitrogen and oxygen atoms in total. The van der Waals surface area contributed by atoms with E-state index in [9.17, 15) is 0 Å². The smallest absolute Gasteiger partial charge is 0.0351 e. The highest BCUT2D eigenvalue weighted by Crippen LogP contribution is 2.14. The van der Waals surface area contributed by atoms with E-state index in [1.165, 1.54) is 52.2 Å². The molecule has 0 radical (unpaired) electrons. The number of hydrogen-bond acceptors (Lipinski definition) is 3. The van der Waals surface area contributed by atoms with Gasteiger partial charge in [0, 0.05) is 45.3 Å². The number of rotatable bonds is 2. The minimum atomic E-state index is 0.800. The summed E-state index contributed by atoms with van der Waals surface area (Å²) in [5.74, 6) is 0. The maximum absolute atomic E-state index is 2.67. The van der Waals surface area contributed by atoms with E-state index in [-0.39, 0.29) is 0 Å². The zero-order chi connectivity index (χ0) is 9.97. The fraction of sp³-hybridized carbons (Fsp3) is 1.00. The van der Waals surface area contributed by atoms with Crippen molar-refractivity contribution in [3.8, 4) is 0 Å². The number of nitrogens with zero attached hydrogens (tertiary/aromatic N) is 3. The molecule has 0 saturated carbocycles. The van der Waals surface area contributed by atoms with Crippen molar-refractivity contribution in [2.75, 3.05) is 52.9 Å². The van der Waals surface area contributed by atoms with Crippen LogP contribution in [0.1, 0.15) is 13.3 Å². The van der Waals surface area contributed by atoms with E-state index in [2.05, 4.69) is 28.7 Å². The SMILES string of the molecule is CCCN1CCN2CCN(C)CC2C1. The summed E-state index contributed by atoms with van der Waals surface area (Å²) in [6.45, 7) is 11.2. The highest BCUT2D eigenvalue weighted by molar-refractivity contribution is 4.87. The first-order valence-electron chi connectivity index (χ1n) is 5.94. The van der Waals surface area contributed by atoms with E-state index in [0.717, 1.165) is 6.04 Å². The molecule has 0 aromatic heterocycles. The Hall–Kier alpha value is -0.120. The lowest BCUT2D eigenvalue weighted by Crippen LogP contribution is -2.61. The van der Waals surface area contributed by atoms with Crippen molar-refractivity contribution in [3.05, 3.63) is 0 Å². The van der Waals surface area contributed by atoms with Crippen LogP contribution in [0.2, 0.25) is 0 Å². The molecule has 2 aliphatic rings. The van der Waals surface area contributed by atoms with Gasteiger partial charge in [0.1, 0.15) is 0 Å². The number of likely N-dealkylation sites (N-methyl/N-ethyl adjacent to an activating group) is 1. The summed E-state index contributed by atoms with van der Waals surface area (Å²) in [5, 5.41) is 0. The Morgan fingerprint density at radius 1 is 1.07 bits per heavy atom. The summed E-state index contributed by atoms with van der Waals surface area (Å²) in [4.78, 5) is 7.77. The third kappa shape index (κ3) is 2.27. The maximum Gasteiger partial charge on any atom is 0.0351 e. The second kappa shape index (κ2) is 4.60. The van der Waals surface area contributed by atoms with Gasteiger partial charge in [-0.3, -0.25) is 4.90 Å². The number of piperazine rings is 2. The Morgan fingerprint density at radius 2 is 1.86 bits per heavy atom. The third-order valence-electron chi connectivity index (χ3n) is 3.52. The summed E-state index contributed by atoms with van der Waals surface area (Å²) in [5.41, 5.74) is 0. The van der Waals surface area contributed by atoms with E-state index in [0.29, 0.717) is 0 Å². The molecule has 82 valence electrons. The van der Waals surface area contributed by atoms with Crippen molar-refractivity contribution in [2.24, 2.45) is 0 Å². The maximum atomic E-state index is 2.67. The van der Waals surface area contributed by atoms with Crippen LogP contribution in [0.3, 0.4) is 0 Å². The Kier molecular flexibility index (Phi) is 3.42. The molecular weight excluding hydrogens is 174 g/mol. The lowest BCUT2D eigenvalue weighted by Gasteiger charge is -2.46. The third-order valence-corrected chi connectivity index (χ3v) is 3.52. The zero-order valence-electron chi connectivity index (χ0n) is 9.58. The van der Waals surface area contributed by atoms with Gasteiger partial charge in [0.05, 0.1) is 0 Å². The fourth-order valence-corrected chi connectivity index (χ4v) is 2.69. The van der Waals surface area contributed by atoms with Gasteiger partial charge in [0.2, 0.25) is 0 Å². The first-order chi connectivity index (χ1) is 6.79. The van der Waals surface area contributed by atoms with Crippen LogP contribution < -0.4 is 0 Å². The van der Waals surface area contributed by atoms with Gasteiger partial charge in [-0.25, -0.2) is 0 Å². The monoisotopic (exact) mass is 197 g/mol. The first kappa shape index (κ1) is 10.4. The molecule has 1 atom stereocenters. The highest BCUT2D eigenvalue weighted by atomic mass is 15.3. The minimum absolute atomic E-state index is 0.800. The second-order valence-corrected chi connectivity index (χ2v) is 4.75. The van der Waals surface area contributed by atoms with E-state index >= 15 is 0 Å². The average molecular weight is 197 g/mol. The quantitative estimate of drug-likeness (QED) is 0.631. The molecule has 0 aromatic carbocycles. The van der Waals surface area contributed by atoms with Crippen LogP contribution in [0.25, 0.3) is 0 Å². The summed E-state index contributed by atoms with van der Waals surface area (Å²) < 4.78 is 0. The Morgan fingerprint density at radius 3 is 2.64 bits per heavy atom. The molecule has 0 spiro atoms. The first-order valence-corrected chi connectivity index (χ1v) is 5.94. The van der Waals surface area contributed by atoms with Crippen molar-refractivity contribution < 1.29 is 0 Å². The molecule has 0 N–H and O–H groups in total. The molecule has 0 amide bonds. The molecule has 14 heavy (non-hydrogen) atoms. The standard InChI is InChI=1S/C11H23N3/c1-3-4-13-6-8-14-7-5-12(2)9-11(14)10-13/h11H,3-10H2,1-2H3. The van der Waals surface area contributed by atoms with Gasteiger partial charge in [-0.05, 0) is 20.0 Å². The summed E-state index contributed by atoms with van der Waals surface area (Å²) in [6, 6.07) is 0.800. The van der Waals surface area contributed by atoms with Crippen molar-refractivity contribution in [2.45, 2.75) is 19.4 Å². The molecule has 2 saturated heterocycles. The molecule has 0 aromatic rings. The zero-order valence-corrected chi connectivity index (χ0v) is 9.58. The number of hydrogen-bond donors (Lipinski definition) is 0. The number of fused-ring (bicyclic) bond motifs is 1. The molecule has 2 fully saturated rings. The lowest BCUT2D eigenvalue weighted by atomic mass is 10.1. The summed E-state index contributed by atoms with van der Waals surface area (Å²) >= 11 is 0. The van der Waals surface area contributed by atoms with E-state index in [1.807, 2.05) is 0 Å². The van der Waals surface area contributed by atoms with Crippen LogP contribution in [0.15, 0.2) is 0 Å². The molecule has 2 heterocycles. The molecule has 0 aliphatic carbocycles. The predicted molar refractivity (Wildman–Crippen MR) is 59.6 cm³/mol. The van der Waals surface area contributed by atoms with Crippen LogP contribution >= 0.6 is 0 Å². The van der Waals surface area contributed by atoms with Crippen LogP contribution in [-0.2, 0) is 0 Å². The fourth-order valence-electron chi connectivity index (χ4n) is 2.69. The van der Waals surface area contributed by atoms with Gasteiger partial charge < -0.3 is 9.80 Å². The van der Waals surface area contributed by atoms with Gasteiger partial charge in [-0.2, -0.15) is 0 Å². The van der Waals surface area contributed by atoms with Gasteiger partial charge in [0.25, 0.3) is 0 Å². The predicted octanol–water partition coefficient (Wildman–Crippen LogP) is 0.328. The van der Waals surface area contributed by atoms with Crippen molar-refractivity contribution >= 4 is 0 Å². The Balaban J connectivity index is 1.86. The second-order valence-electron chi connectivity index (χ2n) is 4.75. The van der Waals surface area contributed by atoms with Gasteiger partial charge in [0.15, 0.2) is 0 Å². The summed E-state index contributed by atoms with van der Waals surface area (Å²) in [6.07, 6.45) is 1.29. The normalized spacial score (nSPS) is 31.7. The topological polar surface area (TPSA) is 9.72 Å². The van der Waals surface area contributed by atoms with Gasteiger partial charge >= 0.3 is 0 Å². The average Bonchev–Trinajstić information content (AvgIpc) is 2.17.